The van der Waals surface area contributed by atoms with E-state index in [9.17, 15) is 0 Å². The van der Waals surface area contributed by atoms with Crippen molar-refractivity contribution >= 4 is 33.0 Å². The quantitative estimate of drug-likeness (QED) is 0.855. The van der Waals surface area contributed by atoms with E-state index in [1.165, 1.54) is 0 Å². The molecule has 1 N–H and O–H groups in total. The molecule has 0 aliphatic heterocycles. The number of hydrogen-bond acceptors (Lipinski definition) is 3. The minimum Gasteiger partial charge on any atom is -0.497 e. The average molecular weight is 296 g/mol. The van der Waals surface area contributed by atoms with Crippen LogP contribution in [0.4, 0.5) is 0 Å². The van der Waals surface area contributed by atoms with E-state index in [0.29, 0.717) is 5.71 Å². The van der Waals surface area contributed by atoms with Gasteiger partial charge in [0, 0.05) is 10.0 Å². The second kappa shape index (κ2) is 4.80. The number of hydrogen-bond donors (Lipinski definition) is 1. The van der Waals surface area contributed by atoms with Gasteiger partial charge in [0.05, 0.1) is 17.7 Å². The Hall–Kier alpha value is -1.13. The molecule has 16 heavy (non-hydrogen) atoms. The summed E-state index contributed by atoms with van der Waals surface area (Å²) < 4.78 is 6.11. The smallest absolute Gasteiger partial charge is 0.119 e. The Kier molecular flexibility index (Phi) is 3.41. The maximum Gasteiger partial charge on any atom is 0.119 e. The zero-order valence-electron chi connectivity index (χ0n) is 8.66. The van der Waals surface area contributed by atoms with Crippen molar-refractivity contribution in [1.29, 1.82) is 5.41 Å². The molecule has 1 aromatic heterocycles. The number of halogens is 1. The first-order valence-electron chi connectivity index (χ1n) is 4.68. The van der Waals surface area contributed by atoms with Crippen molar-refractivity contribution < 1.29 is 4.74 Å². The Labute approximate surface area is 107 Å². The molecule has 1 heterocycles. The largest absolute Gasteiger partial charge is 0.497 e. The van der Waals surface area contributed by atoms with Crippen LogP contribution in [-0.2, 0) is 0 Å². The molecule has 82 valence electrons. The second-order valence-corrected chi connectivity index (χ2v) is 4.98. The first kappa shape index (κ1) is 11.4. The summed E-state index contributed by atoms with van der Waals surface area (Å²) in [6, 6.07) is 9.50. The molecular weight excluding hydrogens is 286 g/mol. The molecule has 0 saturated carbocycles. The van der Waals surface area contributed by atoms with Crippen LogP contribution in [-0.4, -0.2) is 12.8 Å². The fraction of sp³-hybridized carbons (Fsp3) is 0.0833. The van der Waals surface area contributed by atoms with Crippen LogP contribution < -0.4 is 4.74 Å². The summed E-state index contributed by atoms with van der Waals surface area (Å²) in [5.74, 6) is 0.773. The van der Waals surface area contributed by atoms with Gasteiger partial charge < -0.3 is 4.74 Å². The van der Waals surface area contributed by atoms with Crippen LogP contribution in [0, 0.1) is 5.41 Å². The van der Waals surface area contributed by atoms with E-state index in [4.69, 9.17) is 10.1 Å². The highest BCUT2D eigenvalue weighted by atomic mass is 79.9. The molecule has 2 nitrogen and oxygen atoms in total. The van der Waals surface area contributed by atoms with E-state index in [0.717, 1.165) is 20.7 Å². The van der Waals surface area contributed by atoms with E-state index in [1.807, 2.05) is 35.7 Å². The van der Waals surface area contributed by atoms with Crippen LogP contribution in [0.1, 0.15) is 10.4 Å². The maximum atomic E-state index is 8.12. The van der Waals surface area contributed by atoms with Crippen molar-refractivity contribution in [3.8, 4) is 5.75 Å². The highest BCUT2D eigenvalue weighted by Gasteiger charge is 2.10. The third-order valence-electron chi connectivity index (χ3n) is 2.20. The number of benzene rings is 1. The molecule has 0 saturated heterocycles. The zero-order chi connectivity index (χ0) is 11.5. The van der Waals surface area contributed by atoms with Gasteiger partial charge in [0.1, 0.15) is 5.75 Å². The lowest BCUT2D eigenvalue weighted by Gasteiger charge is -2.05. The molecule has 4 heteroatoms. The van der Waals surface area contributed by atoms with Gasteiger partial charge in [-0.1, -0.05) is 12.1 Å². The Morgan fingerprint density at radius 2 is 2.19 bits per heavy atom. The molecule has 0 unspecified atom stereocenters. The molecule has 2 rings (SSSR count). The van der Waals surface area contributed by atoms with Gasteiger partial charge in [0.2, 0.25) is 0 Å². The van der Waals surface area contributed by atoms with Crippen molar-refractivity contribution in [2.45, 2.75) is 0 Å². The average Bonchev–Trinajstić information content (AvgIpc) is 2.74. The molecule has 0 aliphatic carbocycles. The molecule has 2 aromatic rings. The topological polar surface area (TPSA) is 33.1 Å². The number of ether oxygens (including phenoxy) is 1. The van der Waals surface area contributed by atoms with Gasteiger partial charge in [-0.3, -0.25) is 5.41 Å². The standard InChI is InChI=1S/C12H10BrNOS/c1-15-9-4-2-3-8(7-9)11(14)12-10(13)5-6-16-12/h2-7,14H,1H3. The van der Waals surface area contributed by atoms with Gasteiger partial charge in [-0.15, -0.1) is 11.3 Å². The number of nitrogens with one attached hydrogen (secondary N) is 1. The maximum absolute atomic E-state index is 8.12. The van der Waals surface area contributed by atoms with Gasteiger partial charge in [-0.2, -0.15) is 0 Å². The monoisotopic (exact) mass is 295 g/mol. The molecule has 1 aromatic carbocycles. The molecule has 0 radical (unpaired) electrons. The Bertz CT molecular complexity index is 521. The third kappa shape index (κ3) is 2.18. The predicted molar refractivity (Wildman–Crippen MR) is 70.9 cm³/mol. The molecular formula is C12H10BrNOS. The van der Waals surface area contributed by atoms with Crippen molar-refractivity contribution in [3.63, 3.8) is 0 Å². The van der Waals surface area contributed by atoms with Gasteiger partial charge in [0.15, 0.2) is 0 Å². The molecule has 0 bridgehead atoms. The lowest BCUT2D eigenvalue weighted by atomic mass is 10.1. The van der Waals surface area contributed by atoms with Crippen LogP contribution in [0.2, 0.25) is 0 Å². The molecule has 0 fully saturated rings. The fourth-order valence-electron chi connectivity index (χ4n) is 1.38. The minimum absolute atomic E-state index is 0.515. The Morgan fingerprint density at radius 1 is 1.38 bits per heavy atom. The molecule has 0 spiro atoms. The molecule has 0 atom stereocenters. The summed E-state index contributed by atoms with van der Waals surface area (Å²) >= 11 is 4.99. The summed E-state index contributed by atoms with van der Waals surface area (Å²) in [6.07, 6.45) is 0. The number of methoxy groups -OCH3 is 1. The van der Waals surface area contributed by atoms with Crippen molar-refractivity contribution in [1.82, 2.24) is 0 Å². The van der Waals surface area contributed by atoms with Crippen LogP contribution in [0.3, 0.4) is 0 Å². The third-order valence-corrected chi connectivity index (χ3v) is 4.06. The van der Waals surface area contributed by atoms with Crippen molar-refractivity contribution in [2.24, 2.45) is 0 Å². The minimum atomic E-state index is 0.515. The first-order chi connectivity index (χ1) is 7.72. The van der Waals surface area contributed by atoms with Crippen molar-refractivity contribution in [3.05, 3.63) is 50.6 Å². The highest BCUT2D eigenvalue weighted by Crippen LogP contribution is 2.26. The summed E-state index contributed by atoms with van der Waals surface area (Å²) in [5.41, 5.74) is 1.38. The van der Waals surface area contributed by atoms with Gasteiger partial charge in [0.25, 0.3) is 0 Å². The van der Waals surface area contributed by atoms with E-state index in [2.05, 4.69) is 15.9 Å². The molecule has 0 aliphatic rings. The van der Waals surface area contributed by atoms with Crippen LogP contribution in [0.25, 0.3) is 0 Å². The van der Waals surface area contributed by atoms with Crippen LogP contribution >= 0.6 is 27.3 Å². The second-order valence-electron chi connectivity index (χ2n) is 3.20. The Morgan fingerprint density at radius 3 is 2.81 bits per heavy atom. The first-order valence-corrected chi connectivity index (χ1v) is 6.36. The van der Waals surface area contributed by atoms with Crippen LogP contribution in [0.15, 0.2) is 40.2 Å². The Balaban J connectivity index is 2.38. The summed E-state index contributed by atoms with van der Waals surface area (Å²) in [4.78, 5) is 0.938. The van der Waals surface area contributed by atoms with Crippen molar-refractivity contribution in [2.75, 3.05) is 7.11 Å². The zero-order valence-corrected chi connectivity index (χ0v) is 11.1. The van der Waals surface area contributed by atoms with Gasteiger partial charge in [-0.05, 0) is 39.5 Å². The number of thiophene rings is 1. The summed E-state index contributed by atoms with van der Waals surface area (Å²) in [7, 11) is 1.63. The van der Waals surface area contributed by atoms with E-state index in [1.54, 1.807) is 18.4 Å². The SMILES string of the molecule is COc1cccc(C(=N)c2sccc2Br)c1. The predicted octanol–water partition coefficient (Wildman–Crippen LogP) is 3.94. The van der Waals surface area contributed by atoms with Crippen LogP contribution in [0.5, 0.6) is 5.75 Å². The van der Waals surface area contributed by atoms with E-state index in [-0.39, 0.29) is 0 Å². The van der Waals surface area contributed by atoms with Gasteiger partial charge in [-0.25, -0.2) is 0 Å². The van der Waals surface area contributed by atoms with E-state index < -0.39 is 0 Å². The fourth-order valence-corrected chi connectivity index (χ4v) is 2.92. The summed E-state index contributed by atoms with van der Waals surface area (Å²) in [6.45, 7) is 0. The molecule has 0 amide bonds. The summed E-state index contributed by atoms with van der Waals surface area (Å²) in [5, 5.41) is 10.1. The lowest BCUT2D eigenvalue weighted by Crippen LogP contribution is -1.99. The van der Waals surface area contributed by atoms with E-state index >= 15 is 0 Å². The normalized spacial score (nSPS) is 10.1. The van der Waals surface area contributed by atoms with Gasteiger partial charge >= 0.3 is 0 Å². The number of rotatable bonds is 3. The highest BCUT2D eigenvalue weighted by molar-refractivity contribution is 9.10. The lowest BCUT2D eigenvalue weighted by molar-refractivity contribution is 0.414.